The number of nitrogens with one attached hydrogen (secondary N) is 1. The Balaban J connectivity index is 2.39. The summed E-state index contributed by atoms with van der Waals surface area (Å²) in [6.45, 7) is 7.99. The lowest BCUT2D eigenvalue weighted by Crippen LogP contribution is -2.17. The van der Waals surface area contributed by atoms with E-state index in [0.717, 1.165) is 18.1 Å². The second kappa shape index (κ2) is 5.73. The molecule has 0 unspecified atom stereocenters. The first kappa shape index (κ1) is 12.7. The number of benzene rings is 1. The van der Waals surface area contributed by atoms with E-state index in [-0.39, 0.29) is 0 Å². The fraction of sp³-hybridized carbons (Fsp3) is 0.462. The largest absolute Gasteiger partial charge is 0.310 e. The molecular formula is C13H19N5. The van der Waals surface area contributed by atoms with E-state index in [0.29, 0.717) is 12.5 Å². The molecule has 1 aromatic carbocycles. The van der Waals surface area contributed by atoms with Crippen molar-refractivity contribution in [2.45, 2.75) is 33.2 Å². The summed E-state index contributed by atoms with van der Waals surface area (Å²) in [5.74, 6) is 1.28. The van der Waals surface area contributed by atoms with Crippen molar-refractivity contribution in [2.75, 3.05) is 6.54 Å². The molecule has 18 heavy (non-hydrogen) atoms. The van der Waals surface area contributed by atoms with E-state index in [1.165, 1.54) is 5.56 Å². The van der Waals surface area contributed by atoms with Gasteiger partial charge in [0, 0.05) is 0 Å². The summed E-state index contributed by atoms with van der Waals surface area (Å²) in [4.78, 5) is 0. The first-order chi connectivity index (χ1) is 8.74. The monoisotopic (exact) mass is 245 g/mol. The number of para-hydroxylation sites is 1. The Labute approximate surface area is 107 Å². The van der Waals surface area contributed by atoms with Gasteiger partial charge in [0.15, 0.2) is 5.82 Å². The van der Waals surface area contributed by atoms with Crippen LogP contribution < -0.4 is 5.32 Å². The van der Waals surface area contributed by atoms with Gasteiger partial charge in [0.2, 0.25) is 0 Å². The number of rotatable bonds is 5. The van der Waals surface area contributed by atoms with Crippen molar-refractivity contribution in [1.29, 1.82) is 0 Å². The quantitative estimate of drug-likeness (QED) is 0.874. The Kier molecular flexibility index (Phi) is 4.04. The van der Waals surface area contributed by atoms with Crippen LogP contribution in [0.15, 0.2) is 24.3 Å². The van der Waals surface area contributed by atoms with E-state index in [1.54, 1.807) is 0 Å². The van der Waals surface area contributed by atoms with Crippen LogP contribution >= 0.6 is 0 Å². The molecule has 1 aromatic heterocycles. The minimum atomic E-state index is 0.442. The van der Waals surface area contributed by atoms with Crippen LogP contribution in [-0.2, 0) is 6.54 Å². The van der Waals surface area contributed by atoms with Gasteiger partial charge in [-0.05, 0) is 34.5 Å². The second-order valence-electron chi connectivity index (χ2n) is 4.50. The zero-order valence-electron chi connectivity index (χ0n) is 11.1. The van der Waals surface area contributed by atoms with Gasteiger partial charge in [0.25, 0.3) is 0 Å². The highest BCUT2D eigenvalue weighted by molar-refractivity contribution is 5.42. The van der Waals surface area contributed by atoms with Crippen molar-refractivity contribution >= 4 is 0 Å². The van der Waals surface area contributed by atoms with E-state index in [4.69, 9.17) is 0 Å². The average molecular weight is 245 g/mol. The highest BCUT2D eigenvalue weighted by Gasteiger charge is 2.12. The van der Waals surface area contributed by atoms with Gasteiger partial charge in [0.05, 0.1) is 12.2 Å². The summed E-state index contributed by atoms with van der Waals surface area (Å²) < 4.78 is 1.82. The standard InChI is InChI=1S/C13H19N5/c1-4-14-9-13-15-16-17-18(13)12-8-6-5-7-11(12)10(2)3/h5-8,10,14H,4,9H2,1-3H3. The molecule has 96 valence electrons. The van der Waals surface area contributed by atoms with Gasteiger partial charge in [-0.3, -0.25) is 0 Å². The minimum absolute atomic E-state index is 0.442. The lowest BCUT2D eigenvalue weighted by Gasteiger charge is -2.13. The number of hydrogen-bond acceptors (Lipinski definition) is 4. The lowest BCUT2D eigenvalue weighted by molar-refractivity contribution is 0.659. The van der Waals surface area contributed by atoms with E-state index < -0.39 is 0 Å². The van der Waals surface area contributed by atoms with Crippen molar-refractivity contribution in [3.05, 3.63) is 35.7 Å². The van der Waals surface area contributed by atoms with Gasteiger partial charge < -0.3 is 5.32 Å². The zero-order chi connectivity index (χ0) is 13.0. The van der Waals surface area contributed by atoms with Crippen LogP contribution in [0, 0.1) is 0 Å². The fourth-order valence-corrected chi connectivity index (χ4v) is 1.91. The summed E-state index contributed by atoms with van der Waals surface area (Å²) in [5, 5.41) is 15.2. The second-order valence-corrected chi connectivity index (χ2v) is 4.50. The summed E-state index contributed by atoms with van der Waals surface area (Å²) in [7, 11) is 0. The van der Waals surface area contributed by atoms with Crippen LogP contribution in [-0.4, -0.2) is 26.8 Å². The van der Waals surface area contributed by atoms with Crippen LogP contribution in [0.2, 0.25) is 0 Å². The topological polar surface area (TPSA) is 55.6 Å². The molecule has 0 amide bonds. The van der Waals surface area contributed by atoms with Crippen molar-refractivity contribution in [1.82, 2.24) is 25.5 Å². The normalized spacial score (nSPS) is 11.1. The summed E-state index contributed by atoms with van der Waals surface area (Å²) >= 11 is 0. The van der Waals surface area contributed by atoms with Crippen LogP contribution in [0.4, 0.5) is 0 Å². The molecule has 0 fully saturated rings. The summed E-state index contributed by atoms with van der Waals surface area (Å²) in [6.07, 6.45) is 0. The SMILES string of the molecule is CCNCc1nnnn1-c1ccccc1C(C)C. The third-order valence-corrected chi connectivity index (χ3v) is 2.85. The van der Waals surface area contributed by atoms with Crippen molar-refractivity contribution < 1.29 is 0 Å². The van der Waals surface area contributed by atoms with Crippen molar-refractivity contribution in [3.63, 3.8) is 0 Å². The lowest BCUT2D eigenvalue weighted by atomic mass is 10.0. The first-order valence-electron chi connectivity index (χ1n) is 6.31. The molecule has 5 nitrogen and oxygen atoms in total. The molecule has 0 bridgehead atoms. The molecule has 0 aliphatic heterocycles. The molecule has 0 aliphatic rings. The molecular weight excluding hydrogens is 226 g/mol. The Morgan fingerprint density at radius 3 is 2.78 bits per heavy atom. The molecule has 1 N–H and O–H groups in total. The van der Waals surface area contributed by atoms with E-state index >= 15 is 0 Å². The minimum Gasteiger partial charge on any atom is -0.310 e. The predicted molar refractivity (Wildman–Crippen MR) is 70.6 cm³/mol. The first-order valence-corrected chi connectivity index (χ1v) is 6.31. The molecule has 0 aliphatic carbocycles. The van der Waals surface area contributed by atoms with Crippen molar-refractivity contribution in [3.8, 4) is 5.69 Å². The van der Waals surface area contributed by atoms with Gasteiger partial charge in [0.1, 0.15) is 0 Å². The maximum atomic E-state index is 4.10. The number of nitrogens with zero attached hydrogens (tertiary/aromatic N) is 4. The highest BCUT2D eigenvalue weighted by atomic mass is 15.5. The van der Waals surface area contributed by atoms with E-state index in [2.05, 4.69) is 53.7 Å². The van der Waals surface area contributed by atoms with Gasteiger partial charge in [-0.2, -0.15) is 4.68 Å². The average Bonchev–Trinajstić information content (AvgIpc) is 2.84. The Morgan fingerprint density at radius 1 is 1.28 bits per heavy atom. The van der Waals surface area contributed by atoms with Gasteiger partial charge in [-0.15, -0.1) is 5.10 Å². The maximum absolute atomic E-state index is 4.10. The number of hydrogen-bond donors (Lipinski definition) is 1. The molecule has 0 atom stereocenters. The predicted octanol–water partition coefficient (Wildman–Crippen LogP) is 1.90. The molecule has 0 spiro atoms. The Bertz CT molecular complexity index is 504. The highest BCUT2D eigenvalue weighted by Crippen LogP contribution is 2.22. The third-order valence-electron chi connectivity index (χ3n) is 2.85. The number of tetrazole rings is 1. The molecule has 2 aromatic rings. The Hall–Kier alpha value is -1.75. The zero-order valence-corrected chi connectivity index (χ0v) is 11.1. The van der Waals surface area contributed by atoms with Crippen LogP contribution in [0.3, 0.4) is 0 Å². The molecule has 0 radical (unpaired) electrons. The smallest absolute Gasteiger partial charge is 0.170 e. The Morgan fingerprint density at radius 2 is 2.06 bits per heavy atom. The summed E-state index contributed by atoms with van der Waals surface area (Å²) in [5.41, 5.74) is 2.31. The molecule has 5 heteroatoms. The molecule has 2 rings (SSSR count). The van der Waals surface area contributed by atoms with Gasteiger partial charge in [-0.25, -0.2) is 0 Å². The maximum Gasteiger partial charge on any atom is 0.170 e. The van der Waals surface area contributed by atoms with E-state index in [1.807, 2.05) is 16.8 Å². The van der Waals surface area contributed by atoms with Gasteiger partial charge >= 0.3 is 0 Å². The van der Waals surface area contributed by atoms with Crippen LogP contribution in [0.25, 0.3) is 5.69 Å². The third kappa shape index (κ3) is 2.56. The fourth-order valence-electron chi connectivity index (χ4n) is 1.91. The summed E-state index contributed by atoms with van der Waals surface area (Å²) in [6, 6.07) is 8.24. The molecule has 1 heterocycles. The molecule has 0 saturated heterocycles. The van der Waals surface area contributed by atoms with E-state index in [9.17, 15) is 0 Å². The van der Waals surface area contributed by atoms with Crippen LogP contribution in [0.5, 0.6) is 0 Å². The van der Waals surface area contributed by atoms with Crippen molar-refractivity contribution in [2.24, 2.45) is 0 Å². The molecule has 0 saturated carbocycles. The number of aromatic nitrogens is 4. The van der Waals surface area contributed by atoms with Crippen LogP contribution in [0.1, 0.15) is 38.1 Å². The van der Waals surface area contributed by atoms with Gasteiger partial charge in [-0.1, -0.05) is 39.0 Å².